The van der Waals surface area contributed by atoms with E-state index >= 15 is 0 Å². The van der Waals surface area contributed by atoms with Crippen molar-refractivity contribution in [2.75, 3.05) is 37.0 Å². The molecule has 2 atom stereocenters. The van der Waals surface area contributed by atoms with Gasteiger partial charge in [-0.25, -0.2) is 14.8 Å². The highest BCUT2D eigenvalue weighted by atomic mass is 16.5. The summed E-state index contributed by atoms with van der Waals surface area (Å²) in [7, 11) is 3.30. The number of urea groups is 1. The van der Waals surface area contributed by atoms with Gasteiger partial charge >= 0.3 is 6.03 Å². The predicted octanol–water partition coefficient (Wildman–Crippen LogP) is 1.99. The van der Waals surface area contributed by atoms with Crippen LogP contribution in [0.5, 0.6) is 5.75 Å². The van der Waals surface area contributed by atoms with Crippen LogP contribution in [0.3, 0.4) is 0 Å². The highest BCUT2D eigenvalue weighted by Crippen LogP contribution is 2.37. The summed E-state index contributed by atoms with van der Waals surface area (Å²) in [4.78, 5) is 38.7. The summed E-state index contributed by atoms with van der Waals surface area (Å²) in [5.74, 6) is 1.83. The van der Waals surface area contributed by atoms with Crippen molar-refractivity contribution < 1.29 is 19.1 Å². The number of fused-ring (bicyclic) bond motifs is 1. The van der Waals surface area contributed by atoms with E-state index in [1.807, 2.05) is 31.2 Å². The molecule has 3 heterocycles. The van der Waals surface area contributed by atoms with Gasteiger partial charge in [-0.3, -0.25) is 9.69 Å². The zero-order valence-electron chi connectivity index (χ0n) is 17.3. The molecule has 2 aliphatic heterocycles. The van der Waals surface area contributed by atoms with Crippen LogP contribution >= 0.6 is 0 Å². The van der Waals surface area contributed by atoms with Gasteiger partial charge < -0.3 is 19.3 Å². The van der Waals surface area contributed by atoms with E-state index in [0.29, 0.717) is 30.4 Å². The smallest absolute Gasteiger partial charge is 0.326 e. The molecule has 158 valence electrons. The summed E-state index contributed by atoms with van der Waals surface area (Å²) in [6, 6.07) is 7.61. The normalized spacial score (nSPS) is 20.4. The Morgan fingerprint density at radius 3 is 2.93 bits per heavy atom. The molecule has 4 rings (SSSR count). The van der Waals surface area contributed by atoms with Gasteiger partial charge in [-0.2, -0.15) is 0 Å². The van der Waals surface area contributed by atoms with Crippen molar-refractivity contribution in [3.63, 3.8) is 0 Å². The molecular weight excluding hydrogens is 386 g/mol. The fraction of sp³-hybridized carbons (Fsp3) is 0.429. The molecule has 0 aliphatic carbocycles. The minimum absolute atomic E-state index is 0.0921. The number of likely N-dealkylation sites (N-methyl/N-ethyl adjacent to an activating group) is 1. The summed E-state index contributed by atoms with van der Waals surface area (Å²) in [6.45, 7) is 3.28. The van der Waals surface area contributed by atoms with E-state index < -0.39 is 6.17 Å². The maximum absolute atomic E-state index is 13.3. The largest absolute Gasteiger partial charge is 0.489 e. The second kappa shape index (κ2) is 8.27. The number of aldehydes is 1. The van der Waals surface area contributed by atoms with Crippen LogP contribution in [0.2, 0.25) is 0 Å². The number of hydrogen-bond acceptors (Lipinski definition) is 7. The number of amides is 2. The Balaban J connectivity index is 1.51. The topological polar surface area (TPSA) is 88.1 Å². The van der Waals surface area contributed by atoms with Crippen LogP contribution in [-0.2, 0) is 16.1 Å². The van der Waals surface area contributed by atoms with Gasteiger partial charge in [0.15, 0.2) is 24.1 Å². The monoisotopic (exact) mass is 411 g/mol. The lowest BCUT2D eigenvalue weighted by atomic mass is 10.2. The summed E-state index contributed by atoms with van der Waals surface area (Å²) in [6.07, 6.45) is 2.19. The number of anilines is 2. The van der Waals surface area contributed by atoms with Gasteiger partial charge in [0.1, 0.15) is 24.1 Å². The number of rotatable bonds is 5. The Bertz CT molecular complexity index is 953. The average Bonchev–Trinajstić information content (AvgIpc) is 3.30. The Labute approximate surface area is 175 Å². The number of likely N-dealkylation sites (tertiary alicyclic amines) is 1. The summed E-state index contributed by atoms with van der Waals surface area (Å²) in [5.41, 5.74) is 1.64. The Hall–Kier alpha value is -3.20. The van der Waals surface area contributed by atoms with Gasteiger partial charge in [0.25, 0.3) is 0 Å². The fourth-order valence-electron chi connectivity index (χ4n) is 3.87. The number of methoxy groups -OCH3 is 1. The average molecular weight is 411 g/mol. The quantitative estimate of drug-likeness (QED) is 0.695. The second-order valence-electron chi connectivity index (χ2n) is 7.53. The minimum Gasteiger partial charge on any atom is -0.489 e. The van der Waals surface area contributed by atoms with E-state index in [9.17, 15) is 9.59 Å². The number of benzene rings is 1. The molecule has 2 amide bonds. The van der Waals surface area contributed by atoms with Gasteiger partial charge in [-0.05, 0) is 24.6 Å². The van der Waals surface area contributed by atoms with Crippen molar-refractivity contribution in [2.24, 2.45) is 0 Å². The van der Waals surface area contributed by atoms with Gasteiger partial charge in [-0.1, -0.05) is 12.1 Å². The third-order valence-corrected chi connectivity index (χ3v) is 5.36. The highest BCUT2D eigenvalue weighted by molar-refractivity contribution is 6.02. The highest BCUT2D eigenvalue weighted by Gasteiger charge is 2.42. The molecule has 1 saturated heterocycles. The van der Waals surface area contributed by atoms with Crippen LogP contribution < -0.4 is 14.5 Å². The third-order valence-electron chi connectivity index (χ3n) is 5.36. The van der Waals surface area contributed by atoms with Crippen LogP contribution in [0.15, 0.2) is 30.5 Å². The van der Waals surface area contributed by atoms with Gasteiger partial charge in [0.2, 0.25) is 0 Å². The minimum atomic E-state index is -0.767. The number of carbonyl (C=O) groups is 2. The van der Waals surface area contributed by atoms with Crippen molar-refractivity contribution in [3.05, 3.63) is 41.9 Å². The number of nitrogens with zero attached hydrogens (tertiary/aromatic N) is 5. The predicted molar refractivity (Wildman–Crippen MR) is 111 cm³/mol. The third kappa shape index (κ3) is 3.68. The molecule has 9 nitrogen and oxygen atoms in total. The number of hydrogen-bond donors (Lipinski definition) is 0. The molecule has 0 spiro atoms. The lowest BCUT2D eigenvalue weighted by Crippen LogP contribution is -2.51. The molecule has 9 heteroatoms. The van der Waals surface area contributed by atoms with Crippen molar-refractivity contribution in [2.45, 2.75) is 32.2 Å². The molecule has 2 aliphatic rings. The van der Waals surface area contributed by atoms with Crippen LogP contribution in [0.1, 0.15) is 17.8 Å². The van der Waals surface area contributed by atoms with E-state index in [2.05, 4.69) is 9.97 Å². The molecule has 1 unspecified atom stereocenters. The zero-order chi connectivity index (χ0) is 21.3. The molecule has 0 saturated carbocycles. The number of aromatic nitrogens is 2. The summed E-state index contributed by atoms with van der Waals surface area (Å²) >= 11 is 0. The Morgan fingerprint density at radius 2 is 2.20 bits per heavy atom. The van der Waals surface area contributed by atoms with Gasteiger partial charge in [0, 0.05) is 27.1 Å². The van der Waals surface area contributed by atoms with Crippen molar-refractivity contribution in [1.82, 2.24) is 14.9 Å². The second-order valence-corrected chi connectivity index (χ2v) is 7.53. The van der Waals surface area contributed by atoms with Gasteiger partial charge in [-0.15, -0.1) is 0 Å². The van der Waals surface area contributed by atoms with Crippen LogP contribution in [0.4, 0.5) is 16.3 Å². The molecule has 30 heavy (non-hydrogen) atoms. The van der Waals surface area contributed by atoms with E-state index in [0.717, 1.165) is 24.0 Å². The lowest BCUT2D eigenvalue weighted by Gasteiger charge is -2.28. The van der Waals surface area contributed by atoms with E-state index in [1.54, 1.807) is 30.2 Å². The standard InChI is InChI=1S/C21H25N5O4/c1-14-5-4-6-15(9-14)30-16-7-8-25(11-16)21(28)26-17-10-22-18(13-29-3)23-20(17)24(2)19(26)12-27/h4-6,9-10,12,16,19H,7-8,11,13H2,1-3H3/t16-,19?/m0/s1. The summed E-state index contributed by atoms with van der Waals surface area (Å²) in [5, 5.41) is 0. The zero-order valence-corrected chi connectivity index (χ0v) is 17.3. The number of carbonyl (C=O) groups excluding carboxylic acids is 2. The molecule has 2 aromatic rings. The SMILES string of the molecule is COCc1ncc2c(n1)N(C)C(C=O)N2C(=O)N1CC[C@H](Oc2cccc(C)c2)C1. The maximum Gasteiger partial charge on any atom is 0.326 e. The molecule has 0 N–H and O–H groups in total. The fourth-order valence-corrected chi connectivity index (χ4v) is 3.87. The van der Waals surface area contributed by atoms with Crippen LogP contribution in [0, 0.1) is 6.92 Å². The van der Waals surface area contributed by atoms with Crippen LogP contribution in [-0.4, -0.2) is 66.7 Å². The Kier molecular flexibility index (Phi) is 5.54. The van der Waals surface area contributed by atoms with E-state index in [4.69, 9.17) is 9.47 Å². The molecule has 0 bridgehead atoms. The first-order chi connectivity index (χ1) is 14.5. The van der Waals surface area contributed by atoms with E-state index in [1.165, 1.54) is 4.90 Å². The van der Waals surface area contributed by atoms with Crippen molar-refractivity contribution in [3.8, 4) is 5.75 Å². The first-order valence-electron chi connectivity index (χ1n) is 9.86. The van der Waals surface area contributed by atoms with Crippen LogP contribution in [0.25, 0.3) is 0 Å². The number of ether oxygens (including phenoxy) is 2. The van der Waals surface area contributed by atoms with Gasteiger partial charge in [0.05, 0.1) is 12.7 Å². The lowest BCUT2D eigenvalue weighted by molar-refractivity contribution is -0.108. The van der Waals surface area contributed by atoms with Crippen molar-refractivity contribution >= 4 is 23.8 Å². The molecule has 0 radical (unpaired) electrons. The van der Waals surface area contributed by atoms with Crippen molar-refractivity contribution in [1.29, 1.82) is 0 Å². The first kappa shape index (κ1) is 20.1. The van der Waals surface area contributed by atoms with E-state index in [-0.39, 0.29) is 18.7 Å². The molecule has 1 aromatic carbocycles. The maximum atomic E-state index is 13.3. The molecule has 1 aromatic heterocycles. The first-order valence-corrected chi connectivity index (χ1v) is 9.86. The summed E-state index contributed by atoms with van der Waals surface area (Å²) < 4.78 is 11.1. The molecular formula is C21H25N5O4. The Morgan fingerprint density at radius 1 is 1.37 bits per heavy atom. The number of aryl methyl sites for hydroxylation is 1. The molecule has 1 fully saturated rings.